The fourth-order valence-electron chi connectivity index (χ4n) is 1.32. The molecule has 0 aliphatic heterocycles. The van der Waals surface area contributed by atoms with E-state index >= 15 is 0 Å². The number of carbonyl (C=O) groups is 1. The molecule has 0 aliphatic rings. The van der Waals surface area contributed by atoms with Gasteiger partial charge in [-0.25, -0.2) is 0 Å². The summed E-state index contributed by atoms with van der Waals surface area (Å²) in [4.78, 5) is 13.2. The van der Waals surface area contributed by atoms with Gasteiger partial charge < -0.3 is 4.42 Å². The smallest absolute Gasteiger partial charge is 0.230 e. The van der Waals surface area contributed by atoms with E-state index in [0.29, 0.717) is 10.2 Å². The summed E-state index contributed by atoms with van der Waals surface area (Å²) in [6, 6.07) is 1.72. The van der Waals surface area contributed by atoms with Crippen LogP contribution in [0.1, 0.15) is 26.6 Å². The molecule has 4 heteroatoms. The minimum absolute atomic E-state index is 0.0614. The Balaban J connectivity index is 2.46. The summed E-state index contributed by atoms with van der Waals surface area (Å²) in [5.74, 6) is 0.310. The molecule has 2 aromatic rings. The lowest BCUT2D eigenvalue weighted by atomic mass is 10.1. The molecule has 0 saturated heterocycles. The molecule has 0 amide bonds. The summed E-state index contributed by atoms with van der Waals surface area (Å²) in [6.07, 6.45) is 1.51. The number of ketones is 1. The van der Waals surface area contributed by atoms with Crippen molar-refractivity contribution in [1.29, 1.82) is 0 Å². The lowest BCUT2D eigenvalue weighted by Crippen LogP contribution is -2.00. The highest BCUT2D eigenvalue weighted by Crippen LogP contribution is 2.26. The van der Waals surface area contributed by atoms with Crippen molar-refractivity contribution in [3.05, 3.63) is 43.9 Å². The molecule has 0 saturated carbocycles. The lowest BCUT2D eigenvalue weighted by Gasteiger charge is -1.97. The monoisotopic (exact) mass is 284 g/mol. The number of aryl methyl sites for hydroxylation is 1. The van der Waals surface area contributed by atoms with Crippen LogP contribution in [0.15, 0.2) is 26.6 Å². The van der Waals surface area contributed by atoms with Gasteiger partial charge in [0.2, 0.25) is 5.78 Å². The molecule has 15 heavy (non-hydrogen) atoms. The Bertz CT molecular complexity index is 510. The van der Waals surface area contributed by atoms with E-state index in [0.717, 1.165) is 11.1 Å². The van der Waals surface area contributed by atoms with Gasteiger partial charge in [0.15, 0.2) is 5.76 Å². The van der Waals surface area contributed by atoms with E-state index in [1.165, 1.54) is 11.1 Å². The number of furan rings is 1. The van der Waals surface area contributed by atoms with Gasteiger partial charge >= 0.3 is 0 Å². The minimum atomic E-state index is -0.0614. The largest absolute Gasteiger partial charge is 0.460 e. The second kappa shape index (κ2) is 3.94. The third-order valence-corrected chi connectivity index (χ3v) is 3.99. The van der Waals surface area contributed by atoms with E-state index in [1.807, 2.05) is 19.2 Å². The Morgan fingerprint density at radius 2 is 2.20 bits per heavy atom. The van der Waals surface area contributed by atoms with Gasteiger partial charge in [0.1, 0.15) is 0 Å². The van der Waals surface area contributed by atoms with Crippen molar-refractivity contribution in [3.63, 3.8) is 0 Å². The molecule has 0 atom stereocenters. The molecule has 2 rings (SSSR count). The van der Waals surface area contributed by atoms with Crippen molar-refractivity contribution < 1.29 is 9.21 Å². The topological polar surface area (TPSA) is 30.2 Å². The molecule has 0 N–H and O–H groups in total. The summed E-state index contributed by atoms with van der Waals surface area (Å²) in [7, 11) is 0. The van der Waals surface area contributed by atoms with E-state index in [2.05, 4.69) is 15.9 Å². The van der Waals surface area contributed by atoms with Crippen LogP contribution in [0.3, 0.4) is 0 Å². The van der Waals surface area contributed by atoms with Crippen LogP contribution in [-0.4, -0.2) is 5.78 Å². The van der Waals surface area contributed by atoms with E-state index in [-0.39, 0.29) is 5.78 Å². The highest BCUT2D eigenvalue weighted by molar-refractivity contribution is 9.10. The second-order valence-corrected chi connectivity index (χ2v) is 5.20. The van der Waals surface area contributed by atoms with E-state index < -0.39 is 0 Å². The first-order valence-corrected chi connectivity index (χ1v) is 6.11. The van der Waals surface area contributed by atoms with Gasteiger partial charge in [-0.3, -0.25) is 4.79 Å². The first kappa shape index (κ1) is 10.6. The van der Waals surface area contributed by atoms with Crippen LogP contribution >= 0.6 is 27.3 Å². The van der Waals surface area contributed by atoms with Crippen LogP contribution < -0.4 is 0 Å². The summed E-state index contributed by atoms with van der Waals surface area (Å²) < 4.78 is 5.86. The summed E-state index contributed by atoms with van der Waals surface area (Å²) in [6.45, 7) is 3.96. The molecule has 0 fully saturated rings. The second-order valence-electron chi connectivity index (χ2n) is 3.26. The van der Waals surface area contributed by atoms with E-state index in [4.69, 9.17) is 4.42 Å². The van der Waals surface area contributed by atoms with Gasteiger partial charge in [-0.05, 0) is 41.4 Å². The molecular weight excluding hydrogens is 276 g/mol. The SMILES string of the molecule is Cc1scc(C(=O)c2occc2Br)c1C. The van der Waals surface area contributed by atoms with Crippen LogP contribution in [0.25, 0.3) is 0 Å². The first-order chi connectivity index (χ1) is 7.11. The fraction of sp³-hybridized carbons (Fsp3) is 0.182. The summed E-state index contributed by atoms with van der Waals surface area (Å²) >= 11 is 4.87. The van der Waals surface area contributed by atoms with Gasteiger partial charge in [0, 0.05) is 15.8 Å². The Kier molecular flexibility index (Phi) is 2.80. The number of thiophene rings is 1. The zero-order valence-electron chi connectivity index (χ0n) is 8.33. The molecule has 0 unspecified atom stereocenters. The first-order valence-electron chi connectivity index (χ1n) is 4.43. The van der Waals surface area contributed by atoms with E-state index in [9.17, 15) is 4.79 Å². The average Bonchev–Trinajstić information content (AvgIpc) is 2.75. The summed E-state index contributed by atoms with van der Waals surface area (Å²) in [5, 5.41) is 1.88. The van der Waals surface area contributed by atoms with Crippen molar-refractivity contribution in [1.82, 2.24) is 0 Å². The average molecular weight is 285 g/mol. The lowest BCUT2D eigenvalue weighted by molar-refractivity contribution is 0.101. The molecule has 2 aromatic heterocycles. The number of carbonyl (C=O) groups excluding carboxylic acids is 1. The standard InChI is InChI=1S/C11H9BrO2S/c1-6-7(2)15-5-8(6)10(13)11-9(12)3-4-14-11/h3-5H,1-2H3. The molecule has 0 aromatic carbocycles. The Morgan fingerprint density at radius 1 is 1.47 bits per heavy atom. The number of hydrogen-bond acceptors (Lipinski definition) is 3. The summed E-state index contributed by atoms with van der Waals surface area (Å²) in [5.41, 5.74) is 1.77. The van der Waals surface area contributed by atoms with Gasteiger partial charge in [0.25, 0.3) is 0 Å². The molecule has 0 bridgehead atoms. The quantitative estimate of drug-likeness (QED) is 0.782. The third kappa shape index (κ3) is 1.79. The highest BCUT2D eigenvalue weighted by atomic mass is 79.9. The maximum atomic E-state index is 12.0. The van der Waals surface area contributed by atoms with Gasteiger partial charge in [-0.15, -0.1) is 11.3 Å². The normalized spacial score (nSPS) is 10.6. The maximum Gasteiger partial charge on any atom is 0.230 e. The maximum absolute atomic E-state index is 12.0. The molecular formula is C11H9BrO2S. The predicted molar refractivity (Wildman–Crippen MR) is 63.6 cm³/mol. The van der Waals surface area contributed by atoms with Crippen LogP contribution in [-0.2, 0) is 0 Å². The van der Waals surface area contributed by atoms with Crippen molar-refractivity contribution in [3.8, 4) is 0 Å². The van der Waals surface area contributed by atoms with Crippen LogP contribution in [0.2, 0.25) is 0 Å². The van der Waals surface area contributed by atoms with Crippen LogP contribution in [0.5, 0.6) is 0 Å². The molecule has 0 aliphatic carbocycles. The van der Waals surface area contributed by atoms with Crippen LogP contribution in [0, 0.1) is 13.8 Å². The molecule has 0 radical (unpaired) electrons. The molecule has 2 heterocycles. The van der Waals surface area contributed by atoms with Gasteiger partial charge in [0.05, 0.1) is 10.7 Å². The van der Waals surface area contributed by atoms with Crippen molar-refractivity contribution >= 4 is 33.0 Å². The Labute approximate surface area is 100 Å². The number of hydrogen-bond donors (Lipinski definition) is 0. The predicted octanol–water partition coefficient (Wildman–Crippen LogP) is 3.95. The van der Waals surface area contributed by atoms with Crippen molar-refractivity contribution in [2.45, 2.75) is 13.8 Å². The molecule has 2 nitrogen and oxygen atoms in total. The Morgan fingerprint density at radius 3 is 2.67 bits per heavy atom. The van der Waals surface area contributed by atoms with E-state index in [1.54, 1.807) is 17.4 Å². The zero-order valence-corrected chi connectivity index (χ0v) is 10.7. The van der Waals surface area contributed by atoms with Gasteiger partial charge in [-0.1, -0.05) is 0 Å². The third-order valence-electron chi connectivity index (χ3n) is 2.35. The molecule has 78 valence electrons. The number of rotatable bonds is 2. The van der Waals surface area contributed by atoms with Crippen molar-refractivity contribution in [2.24, 2.45) is 0 Å². The highest BCUT2D eigenvalue weighted by Gasteiger charge is 2.19. The van der Waals surface area contributed by atoms with Gasteiger partial charge in [-0.2, -0.15) is 0 Å². The minimum Gasteiger partial charge on any atom is -0.460 e. The zero-order chi connectivity index (χ0) is 11.0. The fourth-order valence-corrected chi connectivity index (χ4v) is 2.56. The number of halogens is 1. The van der Waals surface area contributed by atoms with Crippen molar-refractivity contribution in [2.75, 3.05) is 0 Å². The van der Waals surface area contributed by atoms with Crippen LogP contribution in [0.4, 0.5) is 0 Å². The molecule has 0 spiro atoms. The Hall–Kier alpha value is -0.870.